The third-order valence-electron chi connectivity index (χ3n) is 6.57. The highest BCUT2D eigenvalue weighted by Gasteiger charge is 2.61. The molecule has 2 amide bonds. The number of alkyl halides is 3. The molecule has 0 unspecified atom stereocenters. The van der Waals surface area contributed by atoms with Crippen molar-refractivity contribution in [3.63, 3.8) is 0 Å². The van der Waals surface area contributed by atoms with Crippen LogP contribution < -0.4 is 9.80 Å². The van der Waals surface area contributed by atoms with Crippen molar-refractivity contribution in [3.8, 4) is 0 Å². The van der Waals surface area contributed by atoms with Crippen LogP contribution in [0.25, 0.3) is 0 Å². The van der Waals surface area contributed by atoms with Crippen LogP contribution in [0, 0.1) is 6.92 Å². The summed E-state index contributed by atoms with van der Waals surface area (Å²) in [5.74, 6) is -2.81. The molecule has 0 radical (unpaired) electrons. The number of rotatable bonds is 2. The molecule has 2 aromatic rings. The van der Waals surface area contributed by atoms with E-state index >= 15 is 0 Å². The molecular formula is C24H21Cl3F3N3O4. The predicted octanol–water partition coefficient (Wildman–Crippen LogP) is 5.58. The second kappa shape index (κ2) is 8.98. The average molecular weight is 579 g/mol. The van der Waals surface area contributed by atoms with Gasteiger partial charge < -0.3 is 14.4 Å². The zero-order chi connectivity index (χ0) is 27.0. The number of ether oxygens (including phenoxy) is 2. The van der Waals surface area contributed by atoms with Gasteiger partial charge in [-0.25, -0.2) is 4.98 Å². The summed E-state index contributed by atoms with van der Waals surface area (Å²) in [5.41, 5.74) is 0.0576. The van der Waals surface area contributed by atoms with Gasteiger partial charge in [0.2, 0.25) is 0 Å². The monoisotopic (exact) mass is 577 g/mol. The number of hydrogen-bond donors (Lipinski definition) is 0. The van der Waals surface area contributed by atoms with Crippen molar-refractivity contribution < 1.29 is 32.2 Å². The second-order valence-electron chi connectivity index (χ2n) is 9.60. The molecule has 0 saturated carbocycles. The lowest BCUT2D eigenvalue weighted by molar-refractivity contribution is -0.161. The summed E-state index contributed by atoms with van der Waals surface area (Å²) in [4.78, 5) is 34.2. The van der Waals surface area contributed by atoms with Crippen molar-refractivity contribution in [2.24, 2.45) is 0 Å². The number of amides is 2. The fourth-order valence-corrected chi connectivity index (χ4v) is 5.81. The number of pyridine rings is 1. The van der Waals surface area contributed by atoms with E-state index in [4.69, 9.17) is 44.3 Å². The number of carbonyl (C=O) groups excluding carboxylic acids is 2. The molecule has 198 valence electrons. The van der Waals surface area contributed by atoms with Crippen LogP contribution in [0.4, 0.5) is 24.7 Å². The fourth-order valence-electron chi connectivity index (χ4n) is 5.10. The molecular weight excluding hydrogens is 558 g/mol. The van der Waals surface area contributed by atoms with E-state index in [1.54, 1.807) is 13.8 Å². The van der Waals surface area contributed by atoms with Crippen LogP contribution in [0.15, 0.2) is 18.2 Å². The highest BCUT2D eigenvalue weighted by atomic mass is 35.5. The van der Waals surface area contributed by atoms with Crippen LogP contribution in [0.5, 0.6) is 0 Å². The Morgan fingerprint density at radius 2 is 1.84 bits per heavy atom. The van der Waals surface area contributed by atoms with Crippen molar-refractivity contribution >= 4 is 58.1 Å². The van der Waals surface area contributed by atoms with Gasteiger partial charge in [-0.15, -0.1) is 0 Å². The molecule has 0 bridgehead atoms. The van der Waals surface area contributed by atoms with Crippen molar-refractivity contribution in [2.45, 2.75) is 63.8 Å². The third kappa shape index (κ3) is 4.46. The molecule has 3 atom stereocenters. The van der Waals surface area contributed by atoms with Gasteiger partial charge in [0.15, 0.2) is 11.9 Å². The second-order valence-corrected chi connectivity index (χ2v) is 10.8. The number of aromatic nitrogens is 1. The first-order valence-electron chi connectivity index (χ1n) is 11.4. The maximum atomic E-state index is 14.1. The molecule has 3 aliphatic heterocycles. The fraction of sp³-hybridized carbons (Fsp3) is 0.458. The molecule has 13 heteroatoms. The maximum absolute atomic E-state index is 14.1. The number of hydrogen-bond acceptors (Lipinski definition) is 5. The van der Waals surface area contributed by atoms with Crippen molar-refractivity contribution in [1.29, 1.82) is 0 Å². The average Bonchev–Trinajstić information content (AvgIpc) is 3.26. The smallest absolute Gasteiger partial charge is 0.341 e. The van der Waals surface area contributed by atoms with Gasteiger partial charge in [0.25, 0.3) is 11.8 Å². The molecule has 0 aliphatic carbocycles. The summed E-state index contributed by atoms with van der Waals surface area (Å²) < 4.78 is 52.5. The van der Waals surface area contributed by atoms with Crippen molar-refractivity contribution in [1.82, 2.24) is 4.98 Å². The Hall–Kier alpha value is -2.11. The molecule has 5 rings (SSSR count). The number of fused-ring (bicyclic) bond motifs is 2. The summed E-state index contributed by atoms with van der Waals surface area (Å²) >= 11 is 18.9. The Kier molecular flexibility index (Phi) is 6.43. The van der Waals surface area contributed by atoms with Crippen LogP contribution in [0.3, 0.4) is 0 Å². The normalized spacial score (nSPS) is 24.9. The van der Waals surface area contributed by atoms with E-state index in [2.05, 4.69) is 4.98 Å². The van der Waals surface area contributed by atoms with Gasteiger partial charge in [0.05, 0.1) is 20.6 Å². The van der Waals surface area contributed by atoms with Crippen LogP contribution in [0.2, 0.25) is 15.1 Å². The summed E-state index contributed by atoms with van der Waals surface area (Å²) in [6.07, 6.45) is -5.91. The quantitative estimate of drug-likeness (QED) is 0.435. The lowest BCUT2D eigenvalue weighted by atomic mass is 9.99. The molecule has 2 fully saturated rings. The summed E-state index contributed by atoms with van der Waals surface area (Å²) in [6.45, 7) is 4.82. The number of aryl methyl sites for hydroxylation is 1. The Morgan fingerprint density at radius 3 is 2.51 bits per heavy atom. The summed E-state index contributed by atoms with van der Waals surface area (Å²) in [6, 6.07) is 1.78. The maximum Gasteiger partial charge on any atom is 0.416 e. The molecule has 4 heterocycles. The van der Waals surface area contributed by atoms with Gasteiger partial charge in [-0.2, -0.15) is 13.2 Å². The van der Waals surface area contributed by atoms with Gasteiger partial charge in [-0.05, 0) is 57.4 Å². The van der Waals surface area contributed by atoms with Gasteiger partial charge in [-0.1, -0.05) is 34.8 Å². The minimum Gasteiger partial charge on any atom is -0.341 e. The Labute approximate surface area is 225 Å². The van der Waals surface area contributed by atoms with E-state index in [0.29, 0.717) is 24.1 Å². The lowest BCUT2D eigenvalue weighted by Crippen LogP contribution is -2.53. The molecule has 1 aromatic heterocycles. The molecule has 7 nitrogen and oxygen atoms in total. The Balaban J connectivity index is 1.63. The van der Waals surface area contributed by atoms with Crippen LogP contribution in [0.1, 0.15) is 37.1 Å². The zero-order valence-electron chi connectivity index (χ0n) is 19.8. The molecule has 0 spiro atoms. The van der Waals surface area contributed by atoms with Gasteiger partial charge in [-0.3, -0.25) is 14.5 Å². The first-order chi connectivity index (χ1) is 17.2. The van der Waals surface area contributed by atoms with Gasteiger partial charge >= 0.3 is 6.18 Å². The summed E-state index contributed by atoms with van der Waals surface area (Å²) in [7, 11) is 0. The number of nitrogens with zero attached hydrogens (tertiary/aromatic N) is 3. The number of carbonyl (C=O) groups is 2. The summed E-state index contributed by atoms with van der Waals surface area (Å²) in [5, 5.41) is 0.516. The lowest BCUT2D eigenvalue weighted by Gasteiger charge is -2.36. The van der Waals surface area contributed by atoms with Gasteiger partial charge in [0, 0.05) is 17.9 Å². The molecule has 3 aliphatic rings. The van der Waals surface area contributed by atoms with E-state index in [0.717, 1.165) is 17.0 Å². The molecule has 37 heavy (non-hydrogen) atoms. The van der Waals surface area contributed by atoms with E-state index in [9.17, 15) is 22.8 Å². The third-order valence-corrected chi connectivity index (χ3v) is 7.87. The topological polar surface area (TPSA) is 72.0 Å². The van der Waals surface area contributed by atoms with Crippen molar-refractivity contribution in [2.75, 3.05) is 16.3 Å². The standard InChI is InChI=1S/C24H21Cl3F3N3O4/c1-10-7-11(24(28,29)30)8-15(31-10)33-18(19-20(22(33)35)37-23(2,3)36-19)21(34)32-6-4-5-12-14(32)9-13(25)17(27)16(12)26/h7-9,18-20H,4-6H2,1-3H3/t18-,19-,20-/m0/s1. The molecule has 2 saturated heterocycles. The van der Waals surface area contributed by atoms with E-state index in [1.807, 2.05) is 0 Å². The first-order valence-corrected chi connectivity index (χ1v) is 12.6. The largest absolute Gasteiger partial charge is 0.416 e. The number of benzene rings is 1. The highest BCUT2D eigenvalue weighted by molar-refractivity contribution is 6.48. The number of anilines is 2. The zero-order valence-corrected chi connectivity index (χ0v) is 22.1. The van der Waals surface area contributed by atoms with Crippen LogP contribution in [-0.2, 0) is 31.7 Å². The van der Waals surface area contributed by atoms with Crippen molar-refractivity contribution in [3.05, 3.63) is 50.1 Å². The number of halogens is 6. The van der Waals surface area contributed by atoms with Crippen LogP contribution in [-0.4, -0.2) is 47.4 Å². The SMILES string of the molecule is Cc1cc(C(F)(F)F)cc(N2C(=O)[C@H]3OC(C)(C)O[C@H]3[C@H]2C(=O)N2CCCc3c2cc(Cl)c(Cl)c3Cl)n1. The van der Waals surface area contributed by atoms with Crippen LogP contribution >= 0.6 is 34.8 Å². The Bertz CT molecular complexity index is 1320. The van der Waals surface area contributed by atoms with Gasteiger partial charge in [0.1, 0.15) is 18.0 Å². The minimum atomic E-state index is -4.69. The predicted molar refractivity (Wildman–Crippen MR) is 131 cm³/mol. The van der Waals surface area contributed by atoms with E-state index in [1.165, 1.54) is 17.9 Å². The van der Waals surface area contributed by atoms with E-state index in [-0.39, 0.29) is 33.1 Å². The van der Waals surface area contributed by atoms with E-state index < -0.39 is 47.6 Å². The first kappa shape index (κ1) is 26.5. The molecule has 0 N–H and O–H groups in total. The molecule has 1 aromatic carbocycles. The highest BCUT2D eigenvalue weighted by Crippen LogP contribution is 2.45. The minimum absolute atomic E-state index is 0.0274. The Morgan fingerprint density at radius 1 is 1.14 bits per heavy atom.